The van der Waals surface area contributed by atoms with Crippen molar-refractivity contribution in [3.63, 3.8) is 0 Å². The third kappa shape index (κ3) is 3.81. The number of carbonyl (C=O) groups is 1. The van der Waals surface area contributed by atoms with Crippen LogP contribution in [0.25, 0.3) is 0 Å². The molecule has 0 unspecified atom stereocenters. The van der Waals surface area contributed by atoms with Crippen LogP contribution >= 0.6 is 11.3 Å². The van der Waals surface area contributed by atoms with Crippen molar-refractivity contribution in [2.24, 2.45) is 0 Å². The smallest absolute Gasteiger partial charge is 0.376 e. The van der Waals surface area contributed by atoms with Gasteiger partial charge < -0.3 is 15.4 Å². The van der Waals surface area contributed by atoms with E-state index in [9.17, 15) is 18.0 Å². The molecule has 0 saturated carbocycles. The summed E-state index contributed by atoms with van der Waals surface area (Å²) in [4.78, 5) is 13.2. The van der Waals surface area contributed by atoms with Crippen molar-refractivity contribution >= 4 is 23.1 Å². The zero-order valence-electron chi connectivity index (χ0n) is 14.3. The number of anilines is 1. The van der Waals surface area contributed by atoms with E-state index in [1.54, 1.807) is 12.1 Å². The molecule has 0 bridgehead atoms. The van der Waals surface area contributed by atoms with Gasteiger partial charge in [0.05, 0.1) is 12.1 Å². The molecule has 3 atom stereocenters. The summed E-state index contributed by atoms with van der Waals surface area (Å²) in [6.45, 7) is 0.996. The van der Waals surface area contributed by atoms with E-state index in [0.29, 0.717) is 13.2 Å². The van der Waals surface area contributed by atoms with E-state index < -0.39 is 24.2 Å². The highest BCUT2D eigenvalue weighted by molar-refractivity contribution is 7.10. The van der Waals surface area contributed by atoms with Crippen molar-refractivity contribution in [2.75, 3.05) is 18.5 Å². The zero-order chi connectivity index (χ0) is 19.0. The van der Waals surface area contributed by atoms with Gasteiger partial charge >= 0.3 is 6.18 Å². The van der Waals surface area contributed by atoms with E-state index in [4.69, 9.17) is 4.74 Å². The van der Waals surface area contributed by atoms with E-state index >= 15 is 0 Å². The molecule has 27 heavy (non-hydrogen) atoms. The molecule has 1 fully saturated rings. The van der Waals surface area contributed by atoms with E-state index in [1.807, 2.05) is 5.38 Å². The highest BCUT2D eigenvalue weighted by Crippen LogP contribution is 2.44. The molecule has 0 aliphatic carbocycles. The molecule has 2 aliphatic heterocycles. The van der Waals surface area contributed by atoms with Gasteiger partial charge in [-0.15, -0.1) is 11.3 Å². The lowest BCUT2D eigenvalue weighted by Gasteiger charge is -2.32. The van der Waals surface area contributed by atoms with Crippen molar-refractivity contribution in [1.82, 2.24) is 15.1 Å². The van der Waals surface area contributed by atoms with Crippen LogP contribution in [-0.4, -0.2) is 41.1 Å². The van der Waals surface area contributed by atoms with Crippen LogP contribution in [0.5, 0.6) is 0 Å². The van der Waals surface area contributed by atoms with Crippen LogP contribution in [0.15, 0.2) is 23.6 Å². The molecule has 146 valence electrons. The Labute approximate surface area is 157 Å². The molecule has 1 amide bonds. The number of rotatable bonds is 4. The number of aromatic nitrogens is 2. The van der Waals surface area contributed by atoms with Crippen LogP contribution in [0, 0.1) is 0 Å². The lowest BCUT2D eigenvalue weighted by molar-refractivity contribution is -0.173. The van der Waals surface area contributed by atoms with Gasteiger partial charge in [-0.25, -0.2) is 4.68 Å². The summed E-state index contributed by atoms with van der Waals surface area (Å²) in [5, 5.41) is 11.5. The fraction of sp³-hybridized carbons (Fsp3) is 0.529. The van der Waals surface area contributed by atoms with Gasteiger partial charge in [0.25, 0.3) is 5.91 Å². The molecule has 2 aromatic heterocycles. The standard InChI is InChI=1S/C17H19F3N4O2S/c18-17(19,20)14-7-11(13-4-2-6-27-13)22-15-8-12(23-24(14)15)16(25)21-9-10-3-1-5-26-10/h2,4,6,8,10-11,14,22H,1,3,5,7,9H2,(H,21,25)/t10-,11+,14-/m0/s1. The van der Waals surface area contributed by atoms with Gasteiger partial charge in [0, 0.05) is 30.5 Å². The lowest BCUT2D eigenvalue weighted by atomic mass is 10.0. The first-order valence-corrected chi connectivity index (χ1v) is 9.66. The van der Waals surface area contributed by atoms with Gasteiger partial charge in [0.2, 0.25) is 0 Å². The topological polar surface area (TPSA) is 68.2 Å². The minimum absolute atomic E-state index is 0.0309. The van der Waals surface area contributed by atoms with Crippen LogP contribution in [0.4, 0.5) is 19.0 Å². The molecule has 10 heteroatoms. The number of halogens is 3. The molecule has 0 radical (unpaired) electrons. The number of ether oxygens (including phenoxy) is 1. The van der Waals surface area contributed by atoms with Crippen LogP contribution < -0.4 is 10.6 Å². The summed E-state index contributed by atoms with van der Waals surface area (Å²) in [6, 6.07) is 2.74. The molecule has 4 heterocycles. The molecular formula is C17H19F3N4O2S. The average Bonchev–Trinajstić information content (AvgIpc) is 3.38. The quantitative estimate of drug-likeness (QED) is 0.824. The number of hydrogen-bond donors (Lipinski definition) is 2. The summed E-state index contributed by atoms with van der Waals surface area (Å²) in [6.07, 6.45) is -2.87. The SMILES string of the molecule is O=C(NC[C@@H]1CCCO1)c1cc2n(n1)[C@H](C(F)(F)F)C[C@H](c1cccs1)N2. The first-order chi connectivity index (χ1) is 12.9. The first kappa shape index (κ1) is 18.3. The monoisotopic (exact) mass is 400 g/mol. The highest BCUT2D eigenvalue weighted by atomic mass is 32.1. The van der Waals surface area contributed by atoms with Crippen molar-refractivity contribution in [2.45, 2.75) is 43.6 Å². The van der Waals surface area contributed by atoms with Crippen LogP contribution in [0.1, 0.15) is 46.7 Å². The number of nitrogens with zero attached hydrogens (tertiary/aromatic N) is 2. The largest absolute Gasteiger partial charge is 0.410 e. The molecule has 4 rings (SSSR count). The maximum absolute atomic E-state index is 13.6. The average molecular weight is 400 g/mol. The molecule has 0 spiro atoms. The number of nitrogens with one attached hydrogen (secondary N) is 2. The Morgan fingerprint density at radius 3 is 3.00 bits per heavy atom. The fourth-order valence-electron chi connectivity index (χ4n) is 3.46. The summed E-state index contributed by atoms with van der Waals surface area (Å²) in [7, 11) is 0. The number of alkyl halides is 3. The number of carbonyl (C=O) groups excluding carboxylic acids is 1. The predicted octanol–water partition coefficient (Wildman–Crippen LogP) is 3.51. The highest BCUT2D eigenvalue weighted by Gasteiger charge is 2.47. The molecular weight excluding hydrogens is 381 g/mol. The maximum atomic E-state index is 13.6. The van der Waals surface area contributed by atoms with Crippen LogP contribution in [0.3, 0.4) is 0 Å². The summed E-state index contributed by atoms with van der Waals surface area (Å²) in [5.74, 6) is -0.299. The number of fused-ring (bicyclic) bond motifs is 1. The normalized spacial score (nSPS) is 25.1. The van der Waals surface area contributed by atoms with Gasteiger partial charge in [0.1, 0.15) is 5.82 Å². The molecule has 6 nitrogen and oxygen atoms in total. The van der Waals surface area contributed by atoms with Crippen molar-refractivity contribution < 1.29 is 22.7 Å². The van der Waals surface area contributed by atoms with Gasteiger partial charge in [-0.1, -0.05) is 6.07 Å². The summed E-state index contributed by atoms with van der Waals surface area (Å²) in [5.41, 5.74) is -0.0309. The van der Waals surface area contributed by atoms with E-state index in [-0.39, 0.29) is 24.0 Å². The zero-order valence-corrected chi connectivity index (χ0v) is 15.1. The van der Waals surface area contributed by atoms with Crippen molar-refractivity contribution in [1.29, 1.82) is 0 Å². The van der Waals surface area contributed by atoms with Crippen LogP contribution in [-0.2, 0) is 4.74 Å². The second-order valence-corrected chi connectivity index (χ2v) is 7.69. The number of hydrogen-bond acceptors (Lipinski definition) is 5. The van der Waals surface area contributed by atoms with Crippen molar-refractivity contribution in [3.8, 4) is 0 Å². The van der Waals surface area contributed by atoms with E-state index in [2.05, 4.69) is 15.7 Å². The van der Waals surface area contributed by atoms with Crippen LogP contribution in [0.2, 0.25) is 0 Å². The number of thiophene rings is 1. The van der Waals surface area contributed by atoms with Gasteiger partial charge in [-0.2, -0.15) is 18.3 Å². The van der Waals surface area contributed by atoms with Gasteiger partial charge in [-0.3, -0.25) is 4.79 Å². The molecule has 2 aliphatic rings. The van der Waals surface area contributed by atoms with Gasteiger partial charge in [-0.05, 0) is 24.3 Å². The lowest BCUT2D eigenvalue weighted by Crippen LogP contribution is -2.35. The minimum atomic E-state index is -4.45. The predicted molar refractivity (Wildman–Crippen MR) is 93.9 cm³/mol. The van der Waals surface area contributed by atoms with Crippen molar-refractivity contribution in [3.05, 3.63) is 34.2 Å². The summed E-state index contributed by atoms with van der Waals surface area (Å²) >= 11 is 1.40. The maximum Gasteiger partial charge on any atom is 0.410 e. The third-order valence-corrected chi connectivity index (χ3v) is 5.81. The Hall–Kier alpha value is -2.07. The van der Waals surface area contributed by atoms with Gasteiger partial charge in [0.15, 0.2) is 11.7 Å². The second kappa shape index (κ2) is 7.16. The Morgan fingerprint density at radius 1 is 1.48 bits per heavy atom. The van der Waals surface area contributed by atoms with E-state index in [0.717, 1.165) is 22.4 Å². The Balaban J connectivity index is 1.55. The fourth-order valence-corrected chi connectivity index (χ4v) is 4.25. The summed E-state index contributed by atoms with van der Waals surface area (Å²) < 4.78 is 47.1. The Bertz CT molecular complexity index is 800. The number of amides is 1. The molecule has 2 N–H and O–H groups in total. The molecule has 1 saturated heterocycles. The Kier molecular flexibility index (Phi) is 4.85. The minimum Gasteiger partial charge on any atom is -0.376 e. The second-order valence-electron chi connectivity index (χ2n) is 6.71. The molecule has 0 aromatic carbocycles. The van der Waals surface area contributed by atoms with E-state index in [1.165, 1.54) is 17.4 Å². The third-order valence-electron chi connectivity index (χ3n) is 4.82. The first-order valence-electron chi connectivity index (χ1n) is 8.78. The molecule has 2 aromatic rings. The Morgan fingerprint density at radius 2 is 2.33 bits per heavy atom.